The van der Waals surface area contributed by atoms with Crippen molar-refractivity contribution in [3.05, 3.63) is 51.5 Å². The third kappa shape index (κ3) is 5.92. The Morgan fingerprint density at radius 2 is 2.00 bits per heavy atom. The van der Waals surface area contributed by atoms with Crippen molar-refractivity contribution in [2.75, 3.05) is 13.6 Å². The van der Waals surface area contributed by atoms with E-state index in [2.05, 4.69) is 57.2 Å². The fraction of sp³-hybridized carbons (Fsp3) is 0.375. The largest absolute Gasteiger partial charge is 0.356 e. The Kier molecular flexibility index (Phi) is 8.40. The fourth-order valence-corrected chi connectivity index (χ4v) is 2.69. The molecule has 0 unspecified atom stereocenters. The molecule has 0 saturated carbocycles. The normalized spacial score (nSPS) is 11.0. The average molecular weight is 430 g/mol. The molecule has 0 aliphatic heterocycles. The van der Waals surface area contributed by atoms with E-state index >= 15 is 0 Å². The summed E-state index contributed by atoms with van der Waals surface area (Å²) < 4.78 is 0. The highest BCUT2D eigenvalue weighted by molar-refractivity contribution is 14.0. The summed E-state index contributed by atoms with van der Waals surface area (Å²) in [6.07, 6.45) is 0.912. The van der Waals surface area contributed by atoms with Gasteiger partial charge in [0, 0.05) is 31.9 Å². The second-order valence-corrected chi connectivity index (χ2v) is 5.95. The molecule has 0 saturated heterocycles. The maximum absolute atomic E-state index is 4.46. The first kappa shape index (κ1) is 18.9. The lowest BCUT2D eigenvalue weighted by Crippen LogP contribution is -2.38. The minimum absolute atomic E-state index is 0. The van der Waals surface area contributed by atoms with E-state index in [1.807, 2.05) is 6.92 Å². The summed E-state index contributed by atoms with van der Waals surface area (Å²) in [6, 6.07) is 8.37. The summed E-state index contributed by atoms with van der Waals surface area (Å²) >= 11 is 1.69. The first-order valence-corrected chi connectivity index (χ1v) is 7.97. The molecule has 0 amide bonds. The second kappa shape index (κ2) is 9.78. The van der Waals surface area contributed by atoms with Crippen LogP contribution in [0.2, 0.25) is 0 Å². The molecular weight excluding hydrogens is 407 g/mol. The fourth-order valence-electron chi connectivity index (χ4n) is 2.04. The Bertz CT molecular complexity index is 610. The molecule has 6 heteroatoms. The number of guanidine groups is 1. The van der Waals surface area contributed by atoms with Crippen molar-refractivity contribution in [1.82, 2.24) is 15.6 Å². The van der Waals surface area contributed by atoms with E-state index in [0.29, 0.717) is 0 Å². The first-order chi connectivity index (χ1) is 10.2. The minimum atomic E-state index is 0. The lowest BCUT2D eigenvalue weighted by molar-refractivity contribution is 0.784. The Balaban J connectivity index is 0.00000242. The van der Waals surface area contributed by atoms with Gasteiger partial charge in [-0.05, 0) is 25.0 Å². The first-order valence-electron chi connectivity index (χ1n) is 7.09. The maximum Gasteiger partial charge on any atom is 0.191 e. The number of hydrogen-bond acceptors (Lipinski definition) is 3. The smallest absolute Gasteiger partial charge is 0.191 e. The van der Waals surface area contributed by atoms with Crippen molar-refractivity contribution in [2.24, 2.45) is 4.99 Å². The SMILES string of the molecule is CN=C(NCCc1csc(C)n1)NCc1ccccc1C.I. The lowest BCUT2D eigenvalue weighted by atomic mass is 10.1. The molecule has 0 aliphatic rings. The van der Waals surface area contributed by atoms with Gasteiger partial charge in [0.25, 0.3) is 0 Å². The number of rotatable bonds is 5. The average Bonchev–Trinajstić information content (AvgIpc) is 2.90. The highest BCUT2D eigenvalue weighted by atomic mass is 127. The molecule has 22 heavy (non-hydrogen) atoms. The van der Waals surface area contributed by atoms with Crippen LogP contribution in [0.15, 0.2) is 34.6 Å². The molecular formula is C16H23IN4S. The van der Waals surface area contributed by atoms with Crippen LogP contribution in [-0.4, -0.2) is 24.5 Å². The third-order valence-corrected chi connectivity index (χ3v) is 4.09. The van der Waals surface area contributed by atoms with Crippen molar-refractivity contribution >= 4 is 41.3 Å². The van der Waals surface area contributed by atoms with Gasteiger partial charge in [-0.3, -0.25) is 4.99 Å². The molecule has 2 rings (SSSR count). The summed E-state index contributed by atoms with van der Waals surface area (Å²) in [6.45, 7) is 5.76. The monoisotopic (exact) mass is 430 g/mol. The molecule has 1 aromatic carbocycles. The van der Waals surface area contributed by atoms with Gasteiger partial charge in [-0.2, -0.15) is 0 Å². The number of benzene rings is 1. The third-order valence-electron chi connectivity index (χ3n) is 3.27. The lowest BCUT2D eigenvalue weighted by Gasteiger charge is -2.12. The minimum Gasteiger partial charge on any atom is -0.356 e. The van der Waals surface area contributed by atoms with Gasteiger partial charge in [0.05, 0.1) is 10.7 Å². The zero-order valence-electron chi connectivity index (χ0n) is 13.2. The number of aliphatic imine (C=N–C) groups is 1. The molecule has 2 N–H and O–H groups in total. The van der Waals surface area contributed by atoms with Crippen LogP contribution < -0.4 is 10.6 Å². The molecule has 0 bridgehead atoms. The highest BCUT2D eigenvalue weighted by Crippen LogP contribution is 2.08. The molecule has 0 radical (unpaired) electrons. The van der Waals surface area contributed by atoms with E-state index in [1.165, 1.54) is 11.1 Å². The predicted octanol–water partition coefficient (Wildman–Crippen LogP) is 3.29. The van der Waals surface area contributed by atoms with Gasteiger partial charge < -0.3 is 10.6 Å². The van der Waals surface area contributed by atoms with Gasteiger partial charge in [0.2, 0.25) is 0 Å². The molecule has 1 heterocycles. The summed E-state index contributed by atoms with van der Waals surface area (Å²) in [5.74, 6) is 0.824. The number of hydrogen-bond donors (Lipinski definition) is 2. The van der Waals surface area contributed by atoms with E-state index in [0.717, 1.165) is 36.2 Å². The van der Waals surface area contributed by atoms with Crippen LogP contribution in [0.25, 0.3) is 0 Å². The molecule has 2 aromatic rings. The van der Waals surface area contributed by atoms with Crippen molar-refractivity contribution in [1.29, 1.82) is 0 Å². The number of halogens is 1. The Labute approximate surface area is 153 Å². The van der Waals surface area contributed by atoms with Crippen molar-refractivity contribution in [3.63, 3.8) is 0 Å². The van der Waals surface area contributed by atoms with Gasteiger partial charge in [-0.1, -0.05) is 24.3 Å². The zero-order valence-corrected chi connectivity index (χ0v) is 16.4. The van der Waals surface area contributed by atoms with Gasteiger partial charge in [-0.15, -0.1) is 35.3 Å². The summed E-state index contributed by atoms with van der Waals surface area (Å²) in [7, 11) is 1.79. The number of nitrogens with zero attached hydrogens (tertiary/aromatic N) is 2. The number of nitrogens with one attached hydrogen (secondary N) is 2. The molecule has 0 spiro atoms. The molecule has 0 fully saturated rings. The zero-order chi connectivity index (χ0) is 15.1. The van der Waals surface area contributed by atoms with Crippen molar-refractivity contribution in [3.8, 4) is 0 Å². The van der Waals surface area contributed by atoms with E-state index in [4.69, 9.17) is 0 Å². The van der Waals surface area contributed by atoms with Crippen LogP contribution >= 0.6 is 35.3 Å². The molecule has 1 aromatic heterocycles. The van der Waals surface area contributed by atoms with Gasteiger partial charge in [0.15, 0.2) is 5.96 Å². The van der Waals surface area contributed by atoms with Gasteiger partial charge in [-0.25, -0.2) is 4.98 Å². The van der Waals surface area contributed by atoms with Gasteiger partial charge >= 0.3 is 0 Å². The van der Waals surface area contributed by atoms with Crippen LogP contribution in [0.5, 0.6) is 0 Å². The summed E-state index contributed by atoms with van der Waals surface area (Å²) in [5, 5.41) is 9.89. The Morgan fingerprint density at radius 1 is 1.23 bits per heavy atom. The van der Waals surface area contributed by atoms with Gasteiger partial charge in [0.1, 0.15) is 0 Å². The molecule has 120 valence electrons. The quantitative estimate of drug-likeness (QED) is 0.435. The standard InChI is InChI=1S/C16H22N4S.HI/c1-12-6-4-5-7-14(12)10-19-16(17-3)18-9-8-15-11-21-13(2)20-15;/h4-7,11H,8-10H2,1-3H3,(H2,17,18,19);1H. The number of thiazole rings is 1. The van der Waals surface area contributed by atoms with Crippen LogP contribution in [0.4, 0.5) is 0 Å². The van der Waals surface area contributed by atoms with Crippen molar-refractivity contribution < 1.29 is 0 Å². The number of aromatic nitrogens is 1. The maximum atomic E-state index is 4.46. The van der Waals surface area contributed by atoms with E-state index in [9.17, 15) is 0 Å². The highest BCUT2D eigenvalue weighted by Gasteiger charge is 2.02. The number of aryl methyl sites for hydroxylation is 2. The van der Waals surface area contributed by atoms with Crippen molar-refractivity contribution in [2.45, 2.75) is 26.8 Å². The van der Waals surface area contributed by atoms with Crippen LogP contribution in [0.3, 0.4) is 0 Å². The Morgan fingerprint density at radius 3 is 2.64 bits per heavy atom. The molecule has 4 nitrogen and oxygen atoms in total. The predicted molar refractivity (Wildman–Crippen MR) is 105 cm³/mol. The second-order valence-electron chi connectivity index (χ2n) is 4.89. The summed E-state index contributed by atoms with van der Waals surface area (Å²) in [4.78, 5) is 8.70. The Hall–Kier alpha value is -1.15. The topological polar surface area (TPSA) is 49.3 Å². The van der Waals surface area contributed by atoms with Crippen LogP contribution in [-0.2, 0) is 13.0 Å². The van der Waals surface area contributed by atoms with E-state index in [1.54, 1.807) is 18.4 Å². The van der Waals surface area contributed by atoms with E-state index in [-0.39, 0.29) is 24.0 Å². The summed E-state index contributed by atoms with van der Waals surface area (Å²) in [5.41, 5.74) is 3.72. The van der Waals surface area contributed by atoms with Crippen LogP contribution in [0.1, 0.15) is 21.8 Å². The molecule has 0 atom stereocenters. The van der Waals surface area contributed by atoms with Crippen LogP contribution in [0, 0.1) is 13.8 Å². The van der Waals surface area contributed by atoms with E-state index < -0.39 is 0 Å². The molecule has 0 aliphatic carbocycles.